The molecular weight excluding hydrogens is 352 g/mol. The van der Waals surface area contributed by atoms with Gasteiger partial charge in [-0.15, -0.1) is 0 Å². The van der Waals surface area contributed by atoms with Gasteiger partial charge in [-0.05, 0) is 31.4 Å². The van der Waals surface area contributed by atoms with Crippen molar-refractivity contribution >= 4 is 21.6 Å². The maximum atomic E-state index is 12.4. The largest absolute Gasteiger partial charge is 0.319 e. The monoisotopic (exact) mass is 376 g/mol. The summed E-state index contributed by atoms with van der Waals surface area (Å²) >= 11 is 0. The van der Waals surface area contributed by atoms with Crippen LogP contribution in [0.2, 0.25) is 0 Å². The number of hydrogen-bond donors (Lipinski definition) is 2. The van der Waals surface area contributed by atoms with E-state index in [2.05, 4.69) is 15.5 Å². The number of aromatic nitrogens is 2. The van der Waals surface area contributed by atoms with Gasteiger partial charge in [-0.25, -0.2) is 12.7 Å². The third-order valence-electron chi connectivity index (χ3n) is 4.60. The summed E-state index contributed by atoms with van der Waals surface area (Å²) in [5, 5.41) is 9.89. The Kier molecular flexibility index (Phi) is 5.73. The lowest BCUT2D eigenvalue weighted by Gasteiger charge is -2.31. The van der Waals surface area contributed by atoms with Crippen LogP contribution in [0.15, 0.2) is 36.5 Å². The lowest BCUT2D eigenvalue weighted by Crippen LogP contribution is -2.40. The molecule has 1 aromatic heterocycles. The summed E-state index contributed by atoms with van der Waals surface area (Å²) in [7, 11) is -3.22. The molecule has 1 saturated heterocycles. The summed E-state index contributed by atoms with van der Waals surface area (Å²) in [6.07, 6.45) is 3.83. The van der Waals surface area contributed by atoms with Crippen molar-refractivity contribution in [1.29, 1.82) is 0 Å². The van der Waals surface area contributed by atoms with Crippen LogP contribution in [-0.2, 0) is 10.0 Å². The van der Waals surface area contributed by atoms with Gasteiger partial charge in [-0.1, -0.05) is 25.1 Å². The number of anilines is 1. The molecule has 2 heterocycles. The fourth-order valence-corrected chi connectivity index (χ4v) is 4.90. The molecule has 140 valence electrons. The Morgan fingerprint density at radius 3 is 2.85 bits per heavy atom. The Bertz CT molecular complexity index is 848. The molecular formula is C18H24N4O3S. The highest BCUT2D eigenvalue weighted by molar-refractivity contribution is 7.89. The molecule has 1 atom stereocenters. The molecule has 26 heavy (non-hydrogen) atoms. The van der Waals surface area contributed by atoms with E-state index in [0.29, 0.717) is 30.8 Å². The number of nitrogens with zero attached hydrogens (tertiary/aromatic N) is 2. The summed E-state index contributed by atoms with van der Waals surface area (Å²) in [5.41, 5.74) is 1.96. The third kappa shape index (κ3) is 4.13. The van der Waals surface area contributed by atoms with Crippen LogP contribution in [0, 0.1) is 0 Å². The number of nitrogens with one attached hydrogen (secondary N) is 2. The summed E-state index contributed by atoms with van der Waals surface area (Å²) < 4.78 is 26.3. The van der Waals surface area contributed by atoms with Crippen LogP contribution >= 0.6 is 0 Å². The highest BCUT2D eigenvalue weighted by atomic mass is 32.2. The van der Waals surface area contributed by atoms with E-state index < -0.39 is 10.0 Å². The van der Waals surface area contributed by atoms with Crippen molar-refractivity contribution in [3.05, 3.63) is 47.8 Å². The molecule has 0 spiro atoms. The second-order valence-electron chi connectivity index (χ2n) is 6.53. The Labute approximate surface area is 153 Å². The molecule has 8 heteroatoms. The molecule has 0 aliphatic carbocycles. The number of aromatic amines is 1. The van der Waals surface area contributed by atoms with Crippen LogP contribution in [-0.4, -0.2) is 47.7 Å². The summed E-state index contributed by atoms with van der Waals surface area (Å²) in [6, 6.07) is 8.96. The first-order chi connectivity index (χ1) is 12.5. The zero-order valence-electron chi connectivity index (χ0n) is 14.8. The number of sulfonamides is 1. The van der Waals surface area contributed by atoms with Gasteiger partial charge in [0.25, 0.3) is 5.91 Å². The molecule has 2 aromatic rings. The normalized spacial score (nSPS) is 18.6. The predicted octanol–water partition coefficient (Wildman–Crippen LogP) is 2.58. The van der Waals surface area contributed by atoms with Gasteiger partial charge in [0.2, 0.25) is 10.0 Å². The van der Waals surface area contributed by atoms with E-state index in [4.69, 9.17) is 0 Å². The molecule has 1 fully saturated rings. The summed E-state index contributed by atoms with van der Waals surface area (Å²) in [4.78, 5) is 12.4. The number of H-pyrrole nitrogens is 1. The van der Waals surface area contributed by atoms with Crippen LogP contribution in [0.5, 0.6) is 0 Å². The lowest BCUT2D eigenvalue weighted by molar-refractivity contribution is 0.102. The molecule has 1 amide bonds. The zero-order chi connectivity index (χ0) is 18.6. The predicted molar refractivity (Wildman–Crippen MR) is 101 cm³/mol. The van der Waals surface area contributed by atoms with Crippen LogP contribution < -0.4 is 5.32 Å². The van der Waals surface area contributed by atoms with Crippen LogP contribution in [0.25, 0.3) is 0 Å². The minimum Gasteiger partial charge on any atom is -0.319 e. The van der Waals surface area contributed by atoms with Crippen molar-refractivity contribution in [2.45, 2.75) is 32.1 Å². The van der Waals surface area contributed by atoms with E-state index in [1.54, 1.807) is 22.6 Å². The van der Waals surface area contributed by atoms with Gasteiger partial charge in [-0.3, -0.25) is 9.89 Å². The standard InChI is InChI=1S/C18H24N4O3S/c1-2-11-26(24,25)22-10-6-9-15(13-22)17-16(12-19-21-17)20-18(23)14-7-4-3-5-8-14/h3-5,7-8,12,15H,2,6,9-11,13H2,1H3,(H,19,21)(H,20,23). The van der Waals surface area contributed by atoms with E-state index in [1.807, 2.05) is 25.1 Å². The molecule has 1 aliphatic rings. The molecule has 2 N–H and O–H groups in total. The maximum absolute atomic E-state index is 12.4. The summed E-state index contributed by atoms with van der Waals surface area (Å²) in [6.45, 7) is 2.84. The Morgan fingerprint density at radius 2 is 2.12 bits per heavy atom. The number of hydrogen-bond acceptors (Lipinski definition) is 4. The molecule has 1 unspecified atom stereocenters. The smallest absolute Gasteiger partial charge is 0.255 e. The van der Waals surface area contributed by atoms with Crippen molar-refractivity contribution in [3.8, 4) is 0 Å². The fourth-order valence-electron chi connectivity index (χ4n) is 3.31. The van der Waals surface area contributed by atoms with E-state index in [-0.39, 0.29) is 17.6 Å². The number of rotatable bonds is 6. The second-order valence-corrected chi connectivity index (χ2v) is 8.62. The number of carbonyl (C=O) groups is 1. The van der Waals surface area contributed by atoms with Crippen molar-refractivity contribution in [1.82, 2.24) is 14.5 Å². The highest BCUT2D eigenvalue weighted by Crippen LogP contribution is 2.31. The van der Waals surface area contributed by atoms with Crippen molar-refractivity contribution < 1.29 is 13.2 Å². The molecule has 1 aromatic carbocycles. The van der Waals surface area contributed by atoms with Gasteiger partial charge >= 0.3 is 0 Å². The van der Waals surface area contributed by atoms with Crippen LogP contribution in [0.4, 0.5) is 5.69 Å². The molecule has 1 aliphatic heterocycles. The second kappa shape index (κ2) is 8.01. The van der Waals surface area contributed by atoms with Gasteiger partial charge in [0.15, 0.2) is 0 Å². The van der Waals surface area contributed by atoms with Crippen molar-refractivity contribution in [2.24, 2.45) is 0 Å². The first kappa shape index (κ1) is 18.6. The number of amides is 1. The Hall–Kier alpha value is -2.19. The van der Waals surface area contributed by atoms with Crippen LogP contribution in [0.1, 0.15) is 48.2 Å². The van der Waals surface area contributed by atoms with Gasteiger partial charge in [0.1, 0.15) is 0 Å². The first-order valence-corrected chi connectivity index (χ1v) is 10.5. The van der Waals surface area contributed by atoms with Crippen molar-refractivity contribution in [3.63, 3.8) is 0 Å². The van der Waals surface area contributed by atoms with Gasteiger partial charge in [-0.2, -0.15) is 5.10 Å². The molecule has 0 saturated carbocycles. The average molecular weight is 376 g/mol. The fraction of sp³-hybridized carbons (Fsp3) is 0.444. The van der Waals surface area contributed by atoms with Crippen LogP contribution in [0.3, 0.4) is 0 Å². The van der Waals surface area contributed by atoms with Gasteiger partial charge < -0.3 is 5.32 Å². The maximum Gasteiger partial charge on any atom is 0.255 e. The SMILES string of the molecule is CCCS(=O)(=O)N1CCCC(c2[nH]ncc2NC(=O)c2ccccc2)C1. The number of benzene rings is 1. The third-order valence-corrected chi connectivity index (χ3v) is 6.64. The number of piperidine rings is 1. The van der Waals surface area contributed by atoms with Crippen molar-refractivity contribution in [2.75, 3.05) is 24.2 Å². The minimum atomic E-state index is -3.22. The quantitative estimate of drug-likeness (QED) is 0.810. The first-order valence-electron chi connectivity index (χ1n) is 8.88. The minimum absolute atomic E-state index is 0.0102. The van der Waals surface area contributed by atoms with E-state index in [0.717, 1.165) is 18.5 Å². The highest BCUT2D eigenvalue weighted by Gasteiger charge is 2.31. The van der Waals surface area contributed by atoms with E-state index in [1.165, 1.54) is 0 Å². The van der Waals surface area contributed by atoms with E-state index >= 15 is 0 Å². The van der Waals surface area contributed by atoms with Gasteiger partial charge in [0, 0.05) is 24.6 Å². The topological polar surface area (TPSA) is 95.2 Å². The van der Waals surface area contributed by atoms with E-state index in [9.17, 15) is 13.2 Å². The van der Waals surface area contributed by atoms with Gasteiger partial charge in [0.05, 0.1) is 23.3 Å². The Morgan fingerprint density at radius 1 is 1.35 bits per heavy atom. The Balaban J connectivity index is 1.74. The molecule has 0 bridgehead atoms. The molecule has 0 radical (unpaired) electrons. The summed E-state index contributed by atoms with van der Waals surface area (Å²) in [5.74, 6) is -0.0520. The lowest BCUT2D eigenvalue weighted by atomic mass is 9.95. The molecule has 7 nitrogen and oxygen atoms in total. The molecule has 3 rings (SSSR count). The zero-order valence-corrected chi connectivity index (χ0v) is 15.6. The number of carbonyl (C=O) groups excluding carboxylic acids is 1. The average Bonchev–Trinajstić information content (AvgIpc) is 3.10.